The highest BCUT2D eigenvalue weighted by molar-refractivity contribution is 7.15. The van der Waals surface area contributed by atoms with Crippen LogP contribution < -0.4 is 14.9 Å². The van der Waals surface area contributed by atoms with E-state index in [9.17, 15) is 4.79 Å². The van der Waals surface area contributed by atoms with E-state index in [1.54, 1.807) is 60.0 Å². The Morgan fingerprint density at radius 1 is 1.15 bits per heavy atom. The maximum absolute atomic E-state index is 12.2. The van der Waals surface area contributed by atoms with Gasteiger partial charge in [0.25, 0.3) is 0 Å². The van der Waals surface area contributed by atoms with E-state index in [-0.39, 0.29) is 0 Å². The van der Waals surface area contributed by atoms with Crippen LogP contribution in [0.4, 0.5) is 5.13 Å². The number of ether oxygens (including phenoxy) is 2. The molecule has 27 heavy (non-hydrogen) atoms. The van der Waals surface area contributed by atoms with Gasteiger partial charge in [-0.25, -0.2) is 9.78 Å². The lowest BCUT2D eigenvalue weighted by Crippen LogP contribution is -2.09. The SMILES string of the molecule is COc1cc(/C=N\Nc2nc(C)c(C)s2)ccc1OC(=O)c1ccccc1. The standard InChI is InChI=1S/C20H19N3O3S/c1-13-14(2)27-20(22-13)23-21-12-15-9-10-17(18(11-15)25-3)26-19(24)16-7-5-4-6-8-16/h4-12H,1-3H3,(H,22,23)/b21-12-. The highest BCUT2D eigenvalue weighted by Crippen LogP contribution is 2.28. The minimum atomic E-state index is -0.438. The van der Waals surface area contributed by atoms with Crippen molar-refractivity contribution in [1.29, 1.82) is 0 Å². The number of carbonyl (C=O) groups is 1. The van der Waals surface area contributed by atoms with E-state index in [0.717, 1.165) is 21.3 Å². The third-order valence-corrected chi connectivity index (χ3v) is 4.78. The summed E-state index contributed by atoms with van der Waals surface area (Å²) in [6, 6.07) is 14.0. The lowest BCUT2D eigenvalue weighted by molar-refractivity contribution is 0.0729. The first-order valence-corrected chi connectivity index (χ1v) is 9.07. The van der Waals surface area contributed by atoms with Crippen LogP contribution in [0, 0.1) is 13.8 Å². The van der Waals surface area contributed by atoms with Crippen LogP contribution in [0.2, 0.25) is 0 Å². The minimum absolute atomic E-state index is 0.350. The number of rotatable bonds is 6. The van der Waals surface area contributed by atoms with Crippen LogP contribution in [0.1, 0.15) is 26.5 Å². The van der Waals surface area contributed by atoms with Gasteiger partial charge in [-0.1, -0.05) is 18.2 Å². The second-order valence-electron chi connectivity index (χ2n) is 5.70. The van der Waals surface area contributed by atoms with Crippen molar-refractivity contribution in [1.82, 2.24) is 4.98 Å². The number of nitrogens with zero attached hydrogens (tertiary/aromatic N) is 2. The van der Waals surface area contributed by atoms with E-state index in [4.69, 9.17) is 9.47 Å². The van der Waals surface area contributed by atoms with E-state index in [2.05, 4.69) is 15.5 Å². The first kappa shape index (κ1) is 18.6. The van der Waals surface area contributed by atoms with Crippen LogP contribution >= 0.6 is 11.3 Å². The topological polar surface area (TPSA) is 72.8 Å². The van der Waals surface area contributed by atoms with Gasteiger partial charge in [-0.15, -0.1) is 11.3 Å². The zero-order valence-electron chi connectivity index (χ0n) is 15.2. The zero-order valence-corrected chi connectivity index (χ0v) is 16.0. The third kappa shape index (κ3) is 4.71. The van der Waals surface area contributed by atoms with Crippen LogP contribution in [0.15, 0.2) is 53.6 Å². The molecule has 0 aliphatic carbocycles. The molecule has 0 fully saturated rings. The summed E-state index contributed by atoms with van der Waals surface area (Å²) in [7, 11) is 1.52. The zero-order chi connectivity index (χ0) is 19.2. The van der Waals surface area contributed by atoms with Gasteiger partial charge in [-0.2, -0.15) is 5.10 Å². The molecule has 0 radical (unpaired) electrons. The molecule has 1 aromatic heterocycles. The van der Waals surface area contributed by atoms with E-state index in [0.29, 0.717) is 17.1 Å². The molecular weight excluding hydrogens is 362 g/mol. The van der Waals surface area contributed by atoms with Crippen molar-refractivity contribution in [2.75, 3.05) is 12.5 Å². The van der Waals surface area contributed by atoms with Gasteiger partial charge in [-0.05, 0) is 49.7 Å². The summed E-state index contributed by atoms with van der Waals surface area (Å²) in [4.78, 5) is 17.7. The highest BCUT2D eigenvalue weighted by Gasteiger charge is 2.12. The summed E-state index contributed by atoms with van der Waals surface area (Å²) < 4.78 is 10.8. The van der Waals surface area contributed by atoms with E-state index >= 15 is 0 Å². The molecule has 0 saturated heterocycles. The summed E-state index contributed by atoms with van der Waals surface area (Å²) in [5.41, 5.74) is 5.17. The monoisotopic (exact) mass is 381 g/mol. The van der Waals surface area contributed by atoms with Crippen LogP contribution in [-0.2, 0) is 0 Å². The number of benzene rings is 2. The molecule has 1 N–H and O–H groups in total. The van der Waals surface area contributed by atoms with Crippen molar-refractivity contribution in [3.8, 4) is 11.5 Å². The largest absolute Gasteiger partial charge is 0.493 e. The number of thiazole rings is 1. The molecule has 0 aliphatic rings. The molecule has 0 bridgehead atoms. The van der Waals surface area contributed by atoms with Gasteiger partial charge >= 0.3 is 5.97 Å². The van der Waals surface area contributed by atoms with Gasteiger partial charge < -0.3 is 9.47 Å². The van der Waals surface area contributed by atoms with Crippen molar-refractivity contribution in [2.45, 2.75) is 13.8 Å². The highest BCUT2D eigenvalue weighted by atomic mass is 32.1. The second-order valence-corrected chi connectivity index (χ2v) is 6.90. The molecule has 2 aromatic carbocycles. The number of hydrogen-bond donors (Lipinski definition) is 1. The third-order valence-electron chi connectivity index (χ3n) is 3.80. The predicted molar refractivity (Wildman–Crippen MR) is 107 cm³/mol. The molecular formula is C20H19N3O3S. The van der Waals surface area contributed by atoms with Gasteiger partial charge in [0.2, 0.25) is 5.13 Å². The number of carbonyl (C=O) groups excluding carboxylic acids is 1. The maximum atomic E-state index is 12.2. The molecule has 138 valence electrons. The number of esters is 1. The maximum Gasteiger partial charge on any atom is 0.343 e. The quantitative estimate of drug-likeness (QED) is 0.296. The normalized spacial score (nSPS) is 10.8. The Morgan fingerprint density at radius 3 is 2.59 bits per heavy atom. The molecule has 7 heteroatoms. The van der Waals surface area contributed by atoms with E-state index in [1.165, 1.54) is 7.11 Å². The number of methoxy groups -OCH3 is 1. The van der Waals surface area contributed by atoms with Crippen LogP contribution in [0.25, 0.3) is 0 Å². The smallest absolute Gasteiger partial charge is 0.343 e. The average Bonchev–Trinajstić information content (AvgIpc) is 3.01. The summed E-state index contributed by atoms with van der Waals surface area (Å²) in [5.74, 6) is 0.360. The first-order valence-electron chi connectivity index (χ1n) is 8.25. The number of hydrazone groups is 1. The Balaban J connectivity index is 1.70. The van der Waals surface area contributed by atoms with Crippen molar-refractivity contribution >= 4 is 28.7 Å². The Bertz CT molecular complexity index is 948. The molecule has 3 aromatic rings. The Morgan fingerprint density at radius 2 is 1.93 bits per heavy atom. The summed E-state index contributed by atoms with van der Waals surface area (Å²) in [6.07, 6.45) is 1.65. The lowest BCUT2D eigenvalue weighted by atomic mass is 10.2. The molecule has 1 heterocycles. The molecule has 0 atom stereocenters. The molecule has 0 aliphatic heterocycles. The van der Waals surface area contributed by atoms with Gasteiger partial charge in [0, 0.05) is 4.88 Å². The summed E-state index contributed by atoms with van der Waals surface area (Å²) in [6.45, 7) is 3.98. The molecule has 3 rings (SSSR count). The number of hydrogen-bond acceptors (Lipinski definition) is 7. The van der Waals surface area contributed by atoms with Crippen molar-refractivity contribution in [3.05, 3.63) is 70.2 Å². The number of nitrogens with one attached hydrogen (secondary N) is 1. The first-order chi connectivity index (χ1) is 13.1. The van der Waals surface area contributed by atoms with Crippen LogP contribution in [-0.4, -0.2) is 24.3 Å². The predicted octanol–water partition coefficient (Wildman–Crippen LogP) is 4.43. The van der Waals surface area contributed by atoms with Crippen molar-refractivity contribution in [2.24, 2.45) is 5.10 Å². The van der Waals surface area contributed by atoms with E-state index in [1.807, 2.05) is 19.9 Å². The Hall–Kier alpha value is -3.19. The van der Waals surface area contributed by atoms with E-state index < -0.39 is 5.97 Å². The lowest BCUT2D eigenvalue weighted by Gasteiger charge is -2.09. The Labute approximate surface area is 161 Å². The molecule has 0 saturated carbocycles. The molecule has 6 nitrogen and oxygen atoms in total. The summed E-state index contributed by atoms with van der Waals surface area (Å²) in [5, 5.41) is 4.93. The molecule has 0 unspecified atom stereocenters. The fourth-order valence-corrected chi connectivity index (χ4v) is 3.03. The second kappa shape index (κ2) is 8.46. The van der Waals surface area contributed by atoms with Gasteiger partial charge in [0.15, 0.2) is 11.5 Å². The number of aromatic nitrogens is 1. The van der Waals surface area contributed by atoms with Crippen molar-refractivity contribution < 1.29 is 14.3 Å². The fourth-order valence-electron chi connectivity index (χ4n) is 2.26. The van der Waals surface area contributed by atoms with Crippen LogP contribution in [0.5, 0.6) is 11.5 Å². The minimum Gasteiger partial charge on any atom is -0.493 e. The molecule has 0 spiro atoms. The number of aryl methyl sites for hydroxylation is 2. The van der Waals surface area contributed by atoms with Gasteiger partial charge in [-0.3, -0.25) is 5.43 Å². The van der Waals surface area contributed by atoms with Crippen molar-refractivity contribution in [3.63, 3.8) is 0 Å². The summed E-state index contributed by atoms with van der Waals surface area (Å²) >= 11 is 1.55. The fraction of sp³-hybridized carbons (Fsp3) is 0.150. The average molecular weight is 381 g/mol. The molecule has 0 amide bonds. The number of anilines is 1. The van der Waals surface area contributed by atoms with Crippen LogP contribution in [0.3, 0.4) is 0 Å². The van der Waals surface area contributed by atoms with Gasteiger partial charge in [0.1, 0.15) is 0 Å². The Kier molecular flexibility index (Phi) is 5.83. The van der Waals surface area contributed by atoms with Gasteiger partial charge in [0.05, 0.1) is 24.6 Å².